The molecule has 1 saturated heterocycles. The van der Waals surface area contributed by atoms with E-state index < -0.39 is 23.6 Å². The average molecular weight is 392 g/mol. The zero-order valence-electron chi connectivity index (χ0n) is 14.9. The molecule has 0 atom stereocenters. The molecule has 1 fully saturated rings. The summed E-state index contributed by atoms with van der Waals surface area (Å²) in [4.78, 5) is 25.5. The topological polar surface area (TPSA) is 69.6 Å². The van der Waals surface area contributed by atoms with Gasteiger partial charge in [-0.1, -0.05) is 18.2 Å². The van der Waals surface area contributed by atoms with Gasteiger partial charge in [-0.25, -0.2) is 0 Å². The fourth-order valence-electron chi connectivity index (χ4n) is 3.21. The molecule has 1 aliphatic rings. The average Bonchev–Trinajstić information content (AvgIpc) is 2.67. The summed E-state index contributed by atoms with van der Waals surface area (Å²) in [5.74, 6) is -1.60. The predicted molar refractivity (Wildman–Crippen MR) is 97.4 cm³/mol. The molecule has 0 spiro atoms. The number of halogens is 3. The number of nitrogens with one attached hydrogen (secondary N) is 1. The van der Waals surface area contributed by atoms with Gasteiger partial charge in [-0.15, -0.1) is 0 Å². The van der Waals surface area contributed by atoms with Crippen molar-refractivity contribution in [1.29, 1.82) is 0 Å². The lowest BCUT2D eigenvalue weighted by Crippen LogP contribution is -2.40. The smallest absolute Gasteiger partial charge is 0.416 e. The lowest BCUT2D eigenvalue weighted by atomic mass is 9.96. The van der Waals surface area contributed by atoms with Gasteiger partial charge >= 0.3 is 12.1 Å². The Morgan fingerprint density at radius 2 is 1.71 bits per heavy atom. The number of piperidine rings is 1. The Kier molecular flexibility index (Phi) is 5.58. The largest absolute Gasteiger partial charge is 0.481 e. The summed E-state index contributed by atoms with van der Waals surface area (Å²) in [6, 6.07) is 11.3. The van der Waals surface area contributed by atoms with E-state index >= 15 is 0 Å². The maximum absolute atomic E-state index is 12.9. The van der Waals surface area contributed by atoms with Gasteiger partial charge in [0, 0.05) is 18.8 Å². The lowest BCUT2D eigenvalue weighted by molar-refractivity contribution is -0.143. The van der Waals surface area contributed by atoms with Crippen molar-refractivity contribution < 1.29 is 27.9 Å². The molecule has 0 aliphatic carbocycles. The summed E-state index contributed by atoms with van der Waals surface area (Å²) in [6.45, 7) is 0.654. The number of rotatable bonds is 4. The number of likely N-dealkylation sites (tertiary alicyclic amines) is 1. The molecule has 5 nitrogen and oxygen atoms in total. The number of carbonyl (C=O) groups is 2. The minimum Gasteiger partial charge on any atom is -0.481 e. The van der Waals surface area contributed by atoms with E-state index in [1.807, 2.05) is 0 Å². The molecule has 8 heteroatoms. The minimum atomic E-state index is -4.46. The third kappa shape index (κ3) is 4.44. The van der Waals surface area contributed by atoms with E-state index in [0.29, 0.717) is 37.2 Å². The van der Waals surface area contributed by atoms with Crippen LogP contribution in [0, 0.1) is 5.92 Å². The van der Waals surface area contributed by atoms with Crippen LogP contribution in [0.1, 0.15) is 28.8 Å². The number of carboxylic acids is 1. The van der Waals surface area contributed by atoms with Crippen molar-refractivity contribution in [3.8, 4) is 0 Å². The van der Waals surface area contributed by atoms with E-state index in [1.54, 1.807) is 29.2 Å². The molecule has 2 N–H and O–H groups in total. The molecule has 2 aromatic rings. The fourth-order valence-corrected chi connectivity index (χ4v) is 3.21. The number of benzene rings is 2. The van der Waals surface area contributed by atoms with Crippen LogP contribution in [0.2, 0.25) is 0 Å². The van der Waals surface area contributed by atoms with Crippen molar-refractivity contribution in [3.63, 3.8) is 0 Å². The minimum absolute atomic E-state index is 0.222. The first-order valence-corrected chi connectivity index (χ1v) is 8.81. The number of nitrogens with zero attached hydrogens (tertiary/aromatic N) is 1. The number of para-hydroxylation sites is 1. The number of alkyl halides is 3. The second-order valence-electron chi connectivity index (χ2n) is 6.65. The van der Waals surface area contributed by atoms with Crippen LogP contribution in [0.5, 0.6) is 0 Å². The zero-order chi connectivity index (χ0) is 20.3. The quantitative estimate of drug-likeness (QED) is 0.810. The van der Waals surface area contributed by atoms with Gasteiger partial charge in [0.2, 0.25) is 0 Å². The van der Waals surface area contributed by atoms with Crippen molar-refractivity contribution in [2.24, 2.45) is 5.92 Å². The van der Waals surface area contributed by atoms with Crippen molar-refractivity contribution in [1.82, 2.24) is 4.90 Å². The number of hydrogen-bond donors (Lipinski definition) is 2. The first-order chi connectivity index (χ1) is 13.3. The van der Waals surface area contributed by atoms with Crippen LogP contribution >= 0.6 is 0 Å². The third-order valence-electron chi connectivity index (χ3n) is 4.76. The zero-order valence-corrected chi connectivity index (χ0v) is 14.9. The monoisotopic (exact) mass is 392 g/mol. The summed E-state index contributed by atoms with van der Waals surface area (Å²) >= 11 is 0. The number of carboxylic acid groups (broad SMARTS) is 1. The second kappa shape index (κ2) is 7.92. The van der Waals surface area contributed by atoms with Gasteiger partial charge in [0.05, 0.1) is 22.7 Å². The molecule has 2 aromatic carbocycles. The first-order valence-electron chi connectivity index (χ1n) is 8.81. The molecular formula is C20H19F3N2O3. The molecular weight excluding hydrogens is 373 g/mol. The van der Waals surface area contributed by atoms with Crippen LogP contribution < -0.4 is 5.32 Å². The number of aliphatic carboxylic acids is 1. The molecule has 0 saturated carbocycles. The standard InChI is InChI=1S/C20H19F3N2O3/c21-20(22,23)14-4-3-5-15(12-14)24-17-7-2-1-6-16(17)18(26)25-10-8-13(9-11-25)19(27)28/h1-7,12-13,24H,8-11H2,(H,27,28). The van der Waals surface area contributed by atoms with Gasteiger partial charge in [-0.2, -0.15) is 13.2 Å². The molecule has 1 amide bonds. The Morgan fingerprint density at radius 1 is 1.04 bits per heavy atom. The molecule has 148 valence electrons. The van der Waals surface area contributed by atoms with Gasteiger partial charge in [0.25, 0.3) is 5.91 Å². The Bertz CT molecular complexity index is 875. The summed E-state index contributed by atoms with van der Waals surface area (Å²) < 4.78 is 38.7. The molecule has 28 heavy (non-hydrogen) atoms. The highest BCUT2D eigenvalue weighted by Gasteiger charge is 2.31. The molecule has 0 aromatic heterocycles. The van der Waals surface area contributed by atoms with Gasteiger partial charge in [-0.05, 0) is 43.2 Å². The molecule has 0 bridgehead atoms. The Balaban J connectivity index is 1.79. The van der Waals surface area contributed by atoms with E-state index in [0.717, 1.165) is 12.1 Å². The lowest BCUT2D eigenvalue weighted by Gasteiger charge is -2.30. The van der Waals surface area contributed by atoms with Gasteiger partial charge in [-0.3, -0.25) is 9.59 Å². The van der Waals surface area contributed by atoms with Gasteiger partial charge in [0.1, 0.15) is 0 Å². The highest BCUT2D eigenvalue weighted by atomic mass is 19.4. The number of anilines is 2. The van der Waals surface area contributed by atoms with E-state index in [4.69, 9.17) is 5.11 Å². The Labute approximate surface area is 159 Å². The van der Waals surface area contributed by atoms with Crippen LogP contribution in [0.3, 0.4) is 0 Å². The first kappa shape index (κ1) is 19.7. The predicted octanol–water partition coefficient (Wildman–Crippen LogP) is 4.39. The number of carbonyl (C=O) groups excluding carboxylic acids is 1. The van der Waals surface area contributed by atoms with Crippen LogP contribution in [-0.2, 0) is 11.0 Å². The Morgan fingerprint density at radius 3 is 2.36 bits per heavy atom. The fraction of sp³-hybridized carbons (Fsp3) is 0.300. The molecule has 0 unspecified atom stereocenters. The van der Waals surface area contributed by atoms with Crippen LogP contribution in [0.4, 0.5) is 24.5 Å². The maximum atomic E-state index is 12.9. The van der Waals surface area contributed by atoms with E-state index in [9.17, 15) is 22.8 Å². The third-order valence-corrected chi connectivity index (χ3v) is 4.76. The van der Waals surface area contributed by atoms with Crippen molar-refractivity contribution in [2.45, 2.75) is 19.0 Å². The molecule has 0 radical (unpaired) electrons. The summed E-state index contributed by atoms with van der Waals surface area (Å²) in [5.41, 5.74) is 0.164. The van der Waals surface area contributed by atoms with E-state index in [-0.39, 0.29) is 11.6 Å². The summed E-state index contributed by atoms with van der Waals surface area (Å²) in [5, 5.41) is 12.0. The van der Waals surface area contributed by atoms with Crippen molar-refractivity contribution in [2.75, 3.05) is 18.4 Å². The van der Waals surface area contributed by atoms with Crippen molar-refractivity contribution in [3.05, 3.63) is 59.7 Å². The Hall–Kier alpha value is -3.03. The second-order valence-corrected chi connectivity index (χ2v) is 6.65. The van der Waals surface area contributed by atoms with Crippen LogP contribution in [-0.4, -0.2) is 35.0 Å². The van der Waals surface area contributed by atoms with E-state index in [1.165, 1.54) is 12.1 Å². The number of amides is 1. The van der Waals surface area contributed by atoms with Crippen LogP contribution in [0.25, 0.3) is 0 Å². The molecule has 1 heterocycles. The van der Waals surface area contributed by atoms with Crippen LogP contribution in [0.15, 0.2) is 48.5 Å². The maximum Gasteiger partial charge on any atom is 0.416 e. The van der Waals surface area contributed by atoms with Gasteiger partial charge in [0.15, 0.2) is 0 Å². The molecule has 3 rings (SSSR count). The molecule has 1 aliphatic heterocycles. The summed E-state index contributed by atoms with van der Waals surface area (Å²) in [7, 11) is 0. The summed E-state index contributed by atoms with van der Waals surface area (Å²) in [6.07, 6.45) is -3.70. The highest BCUT2D eigenvalue weighted by molar-refractivity contribution is 6.00. The normalized spacial score (nSPS) is 15.3. The SMILES string of the molecule is O=C(O)C1CCN(C(=O)c2ccccc2Nc2cccc(C(F)(F)F)c2)CC1. The highest BCUT2D eigenvalue weighted by Crippen LogP contribution is 2.32. The van der Waals surface area contributed by atoms with E-state index in [2.05, 4.69) is 5.32 Å². The van der Waals surface area contributed by atoms with Gasteiger partial charge < -0.3 is 15.3 Å². The van der Waals surface area contributed by atoms with Crippen molar-refractivity contribution >= 4 is 23.3 Å². The number of hydrogen-bond acceptors (Lipinski definition) is 3.